The number of hydrogen-bond acceptors (Lipinski definition) is 7. The highest BCUT2D eigenvalue weighted by molar-refractivity contribution is 8.26. The maximum atomic E-state index is 13.5. The lowest BCUT2D eigenvalue weighted by Gasteiger charge is -2.14. The van der Waals surface area contributed by atoms with Crippen LogP contribution in [-0.2, 0) is 9.59 Å². The number of unbranched alkanes of at least 4 members (excludes halogenated alkanes) is 9. The van der Waals surface area contributed by atoms with E-state index >= 15 is 0 Å². The Morgan fingerprint density at radius 1 is 1.05 bits per heavy atom. The molecule has 1 aliphatic heterocycles. The highest BCUT2D eigenvalue weighted by Crippen LogP contribution is 2.33. The molecule has 2 N–H and O–H groups in total. The van der Waals surface area contributed by atoms with E-state index in [0.29, 0.717) is 39.3 Å². The van der Waals surface area contributed by atoms with Gasteiger partial charge in [0.1, 0.15) is 15.8 Å². The van der Waals surface area contributed by atoms with Crippen molar-refractivity contribution in [1.82, 2.24) is 14.3 Å². The molecule has 2 aromatic rings. The van der Waals surface area contributed by atoms with E-state index in [1.807, 2.05) is 19.1 Å². The van der Waals surface area contributed by atoms with Crippen LogP contribution in [0.15, 0.2) is 28.0 Å². The first-order chi connectivity index (χ1) is 18.8. The second-order valence-electron chi connectivity index (χ2n) is 10.1. The number of nitrogens with zero attached hydrogens (tertiary/aromatic N) is 3. The largest absolute Gasteiger partial charge is 0.481 e. The van der Waals surface area contributed by atoms with Crippen LogP contribution in [0.2, 0.25) is 0 Å². The fourth-order valence-electron chi connectivity index (χ4n) is 4.54. The molecular weight excluding hydrogens is 532 g/mol. The smallest absolute Gasteiger partial charge is 0.303 e. The summed E-state index contributed by atoms with van der Waals surface area (Å²) in [6, 6.07) is 3.76. The number of aliphatic carboxylic acids is 1. The zero-order chi connectivity index (χ0) is 28.2. The Balaban J connectivity index is 1.62. The molecule has 0 spiro atoms. The Kier molecular flexibility index (Phi) is 12.5. The summed E-state index contributed by atoms with van der Waals surface area (Å²) in [5.41, 5.74) is 1.67. The number of carboxylic acid groups (broad SMARTS) is 1. The van der Waals surface area contributed by atoms with Crippen LogP contribution in [0.5, 0.6) is 0 Å². The highest BCUT2D eigenvalue weighted by atomic mass is 32.2. The van der Waals surface area contributed by atoms with E-state index in [2.05, 4.69) is 12.2 Å². The second kappa shape index (κ2) is 15.8. The minimum atomic E-state index is -0.726. The fraction of sp³-hybridized carbons (Fsp3) is 0.552. The number of amides is 1. The van der Waals surface area contributed by atoms with E-state index in [4.69, 9.17) is 22.3 Å². The molecule has 0 atom stereocenters. The zero-order valence-electron chi connectivity index (χ0n) is 23.0. The topological polar surface area (TPSA) is 104 Å². The molecule has 212 valence electrons. The minimum absolute atomic E-state index is 0.158. The molecule has 10 heteroatoms. The van der Waals surface area contributed by atoms with Crippen LogP contribution in [-0.4, -0.2) is 48.7 Å². The van der Waals surface area contributed by atoms with E-state index < -0.39 is 5.97 Å². The molecule has 0 aliphatic carbocycles. The summed E-state index contributed by atoms with van der Waals surface area (Å²) in [6.45, 7) is 5.34. The van der Waals surface area contributed by atoms with E-state index in [1.54, 1.807) is 17.2 Å². The number of carbonyl (C=O) groups is 2. The van der Waals surface area contributed by atoms with Crippen molar-refractivity contribution in [3.63, 3.8) is 0 Å². The SMILES string of the molecule is CCCCCNc1nc2ccc(C)cn2c(=O)c1C=C1SC(=S)N(CCCCCCCCCCC(=O)O)C1=O. The lowest BCUT2D eigenvalue weighted by molar-refractivity contribution is -0.137. The number of thioether (sulfide) groups is 1. The number of anilines is 1. The van der Waals surface area contributed by atoms with Crippen molar-refractivity contribution in [2.24, 2.45) is 0 Å². The molecule has 0 saturated carbocycles. The van der Waals surface area contributed by atoms with Crippen molar-refractivity contribution < 1.29 is 14.7 Å². The molecule has 39 heavy (non-hydrogen) atoms. The van der Waals surface area contributed by atoms with Crippen LogP contribution in [0.25, 0.3) is 11.7 Å². The average molecular weight is 573 g/mol. The monoisotopic (exact) mass is 572 g/mol. The predicted octanol–water partition coefficient (Wildman–Crippen LogP) is 6.40. The van der Waals surface area contributed by atoms with E-state index in [1.165, 1.54) is 16.2 Å². The van der Waals surface area contributed by atoms with Gasteiger partial charge in [-0.05, 0) is 43.9 Å². The highest BCUT2D eigenvalue weighted by Gasteiger charge is 2.32. The van der Waals surface area contributed by atoms with Crippen LogP contribution in [0.3, 0.4) is 0 Å². The predicted molar refractivity (Wildman–Crippen MR) is 163 cm³/mol. The van der Waals surface area contributed by atoms with Crippen molar-refractivity contribution in [3.8, 4) is 0 Å². The molecule has 0 bridgehead atoms. The summed E-state index contributed by atoms with van der Waals surface area (Å²) in [5.74, 6) is -0.390. The van der Waals surface area contributed by atoms with Crippen molar-refractivity contribution >= 4 is 57.7 Å². The number of aryl methyl sites for hydroxylation is 1. The van der Waals surface area contributed by atoms with Crippen molar-refractivity contribution in [2.75, 3.05) is 18.4 Å². The Labute approximate surface area is 240 Å². The number of rotatable bonds is 17. The summed E-state index contributed by atoms with van der Waals surface area (Å²) in [5, 5.41) is 12.0. The summed E-state index contributed by atoms with van der Waals surface area (Å²) in [6.07, 6.45) is 14.7. The lowest BCUT2D eigenvalue weighted by atomic mass is 10.1. The van der Waals surface area contributed by atoms with Gasteiger partial charge in [0, 0.05) is 25.7 Å². The second-order valence-corrected chi connectivity index (χ2v) is 11.7. The van der Waals surface area contributed by atoms with E-state index in [9.17, 15) is 14.4 Å². The van der Waals surface area contributed by atoms with Gasteiger partial charge in [0.05, 0.1) is 10.5 Å². The molecule has 1 fully saturated rings. The van der Waals surface area contributed by atoms with Gasteiger partial charge < -0.3 is 10.4 Å². The fourth-order valence-corrected chi connectivity index (χ4v) is 5.83. The third kappa shape index (κ3) is 9.17. The van der Waals surface area contributed by atoms with Crippen molar-refractivity contribution in [1.29, 1.82) is 0 Å². The standard InChI is InChI=1S/C29H40N4O4S2/c1-3-4-12-17-30-26-22(27(36)33-20-21(2)15-16-24(33)31-26)19-23-28(37)32(29(38)39-23)18-13-10-8-6-5-7-9-11-14-25(34)35/h15-16,19-20,30H,3-14,17-18H2,1-2H3,(H,34,35). The van der Waals surface area contributed by atoms with Crippen LogP contribution < -0.4 is 10.9 Å². The van der Waals surface area contributed by atoms with Crippen LogP contribution in [0, 0.1) is 6.92 Å². The van der Waals surface area contributed by atoms with Gasteiger partial charge in [0.15, 0.2) is 0 Å². The molecule has 0 radical (unpaired) electrons. The van der Waals surface area contributed by atoms with Gasteiger partial charge >= 0.3 is 5.97 Å². The van der Waals surface area contributed by atoms with Crippen LogP contribution in [0.4, 0.5) is 5.82 Å². The maximum Gasteiger partial charge on any atom is 0.303 e. The Morgan fingerprint density at radius 3 is 2.44 bits per heavy atom. The van der Waals surface area contributed by atoms with Gasteiger partial charge in [-0.1, -0.05) is 88.3 Å². The van der Waals surface area contributed by atoms with Crippen LogP contribution >= 0.6 is 24.0 Å². The number of aromatic nitrogens is 2. The molecule has 3 rings (SSSR count). The molecule has 0 unspecified atom stereocenters. The third-order valence-corrected chi connectivity index (χ3v) is 8.13. The van der Waals surface area contributed by atoms with Gasteiger partial charge in [-0.25, -0.2) is 4.98 Å². The number of carbonyl (C=O) groups excluding carboxylic acids is 1. The number of hydrogen-bond donors (Lipinski definition) is 2. The van der Waals surface area contributed by atoms with Gasteiger partial charge in [0.25, 0.3) is 11.5 Å². The first-order valence-corrected chi connectivity index (χ1v) is 15.3. The Hall–Kier alpha value is -2.72. The molecule has 1 amide bonds. The zero-order valence-corrected chi connectivity index (χ0v) is 24.7. The molecular formula is C29H40N4O4S2. The number of carboxylic acids is 1. The van der Waals surface area contributed by atoms with Gasteiger partial charge in [-0.15, -0.1) is 0 Å². The molecule has 3 heterocycles. The normalized spacial score (nSPS) is 14.6. The molecule has 1 aliphatic rings. The van der Waals surface area contributed by atoms with Gasteiger partial charge in [-0.2, -0.15) is 0 Å². The number of fused-ring (bicyclic) bond motifs is 1. The third-order valence-electron chi connectivity index (χ3n) is 6.75. The number of pyridine rings is 1. The molecule has 1 saturated heterocycles. The lowest BCUT2D eigenvalue weighted by Crippen LogP contribution is -2.29. The van der Waals surface area contributed by atoms with Crippen LogP contribution in [0.1, 0.15) is 95.1 Å². The number of thiocarbonyl (C=S) groups is 1. The minimum Gasteiger partial charge on any atom is -0.481 e. The Morgan fingerprint density at radius 2 is 1.74 bits per heavy atom. The van der Waals surface area contributed by atoms with Crippen molar-refractivity contribution in [3.05, 3.63) is 44.7 Å². The van der Waals surface area contributed by atoms with Gasteiger partial charge in [-0.3, -0.25) is 23.7 Å². The summed E-state index contributed by atoms with van der Waals surface area (Å²) >= 11 is 6.76. The molecule has 0 aromatic carbocycles. The van der Waals surface area contributed by atoms with E-state index in [0.717, 1.165) is 76.2 Å². The first-order valence-electron chi connectivity index (χ1n) is 14.1. The maximum absolute atomic E-state index is 13.5. The summed E-state index contributed by atoms with van der Waals surface area (Å²) in [7, 11) is 0. The summed E-state index contributed by atoms with van der Waals surface area (Å²) in [4.78, 5) is 44.1. The Bertz CT molecular complexity index is 1260. The summed E-state index contributed by atoms with van der Waals surface area (Å²) < 4.78 is 2.05. The quantitative estimate of drug-likeness (QED) is 0.127. The first kappa shape index (κ1) is 30.8. The van der Waals surface area contributed by atoms with E-state index in [-0.39, 0.29) is 17.9 Å². The average Bonchev–Trinajstić information content (AvgIpc) is 3.17. The molecule has 2 aromatic heterocycles. The number of nitrogens with one attached hydrogen (secondary N) is 1. The van der Waals surface area contributed by atoms with Crippen molar-refractivity contribution in [2.45, 2.75) is 90.9 Å². The van der Waals surface area contributed by atoms with Gasteiger partial charge in [0.2, 0.25) is 0 Å². The molecule has 8 nitrogen and oxygen atoms in total.